The fourth-order valence-electron chi connectivity index (χ4n) is 12.2. The SMILES string of the molecule is CCCCc1nc2c(N)nc3cc(CNC(=O)CCl)ccc3c2n1Cc1cc(O)ccc1O.CCCCc1nc2c(N)nc3cc(CNC(=O)CCl)ccc3c2n1Cc1cc(O)ccc1OP(=O)(O)O.CCCCc1nc2c(N)nc3cc(CNC(=O)CCl)ccc3c2n1Cc1cc(OP(=O)(O)O)ccc1O. The van der Waals surface area contributed by atoms with Crippen LogP contribution in [-0.4, -0.2) is 119 Å². The van der Waals surface area contributed by atoms with E-state index in [-0.39, 0.29) is 108 Å². The summed E-state index contributed by atoms with van der Waals surface area (Å²) >= 11 is 16.7. The highest BCUT2D eigenvalue weighted by Gasteiger charge is 2.26. The Morgan fingerprint density at radius 2 is 0.776 bits per heavy atom. The number of fused-ring (bicyclic) bond motifs is 9. The third-order valence-electron chi connectivity index (χ3n) is 17.2. The molecular weight excluding hydrogens is 1480 g/mol. The number of amides is 3. The monoisotopic (exact) mass is 1560 g/mol. The maximum Gasteiger partial charge on any atom is 0.524 e. The number of nitrogens with two attached hydrogens (primary N) is 3. The molecule has 30 nitrogen and oxygen atoms in total. The fraction of sp³-hybridized carbons (Fsp3) is 0.292. The van der Waals surface area contributed by atoms with E-state index in [0.717, 1.165) is 95.0 Å². The summed E-state index contributed by atoms with van der Waals surface area (Å²) in [4.78, 5) is 99.7. The van der Waals surface area contributed by atoms with Crippen LogP contribution >= 0.6 is 50.4 Å². The molecule has 3 amide bonds. The lowest BCUT2D eigenvalue weighted by molar-refractivity contribution is -0.119. The molecule has 564 valence electrons. The van der Waals surface area contributed by atoms with Crippen molar-refractivity contribution in [2.75, 3.05) is 34.8 Å². The summed E-state index contributed by atoms with van der Waals surface area (Å²) in [5, 5.41) is 51.5. The number of phosphoric ester groups is 2. The van der Waals surface area contributed by atoms with Crippen LogP contribution < -0.4 is 42.2 Å². The van der Waals surface area contributed by atoms with E-state index in [4.69, 9.17) is 76.0 Å². The Balaban J connectivity index is 0.000000172. The molecule has 0 aliphatic carbocycles. The van der Waals surface area contributed by atoms with Crippen molar-refractivity contribution >= 4 is 151 Å². The number of carbonyl (C=O) groups excluding carboxylic acids is 3. The van der Waals surface area contributed by atoms with Gasteiger partial charge in [-0.25, -0.2) is 39.0 Å². The van der Waals surface area contributed by atoms with Gasteiger partial charge < -0.3 is 76.3 Å². The molecule has 0 atom stereocenters. The lowest BCUT2D eigenvalue weighted by atomic mass is 10.1. The number of aromatic nitrogens is 9. The van der Waals surface area contributed by atoms with Crippen molar-refractivity contribution in [3.63, 3.8) is 0 Å². The van der Waals surface area contributed by atoms with Gasteiger partial charge >= 0.3 is 15.6 Å². The Labute approximate surface area is 627 Å². The molecular formula is C72H80Cl3N15O15P2. The molecule has 12 aromatic rings. The second kappa shape index (κ2) is 35.0. The molecule has 0 aliphatic heterocycles. The average molecular weight is 1560 g/mol. The smallest absolute Gasteiger partial charge is 0.508 e. The average Bonchev–Trinajstić information content (AvgIpc) is 1.63. The first-order chi connectivity index (χ1) is 51.1. The molecule has 0 aliphatic rings. The number of aromatic hydroxyl groups is 4. The topological polar surface area (TPSA) is 472 Å². The number of nitrogens with zero attached hydrogens (tertiary/aromatic N) is 9. The number of phenols is 4. The molecule has 6 heterocycles. The summed E-state index contributed by atoms with van der Waals surface area (Å²) in [5.74, 6) is 1.78. The second-order valence-electron chi connectivity index (χ2n) is 25.1. The number of nitrogen functional groups attached to an aromatic ring is 3. The van der Waals surface area contributed by atoms with Crippen LogP contribution in [0.5, 0.6) is 34.5 Å². The zero-order chi connectivity index (χ0) is 77.0. The molecule has 0 spiro atoms. The van der Waals surface area contributed by atoms with Gasteiger partial charge in [-0.05, 0) is 109 Å². The largest absolute Gasteiger partial charge is 0.524 e. The molecule has 0 bridgehead atoms. The van der Waals surface area contributed by atoms with Crippen LogP contribution in [0.1, 0.15) is 110 Å². The first kappa shape index (κ1) is 79.3. The Kier molecular flexibility index (Phi) is 25.9. The van der Waals surface area contributed by atoms with Gasteiger partial charge in [-0.2, -0.15) is 0 Å². The van der Waals surface area contributed by atoms with E-state index in [9.17, 15) is 63.5 Å². The van der Waals surface area contributed by atoms with Crippen molar-refractivity contribution in [1.82, 2.24) is 59.6 Å². The van der Waals surface area contributed by atoms with E-state index < -0.39 is 15.6 Å². The Morgan fingerprint density at radius 1 is 0.439 bits per heavy atom. The molecule has 6 aromatic carbocycles. The summed E-state index contributed by atoms with van der Waals surface area (Å²) < 4.78 is 38.3. The zero-order valence-electron chi connectivity index (χ0n) is 58.3. The van der Waals surface area contributed by atoms with Crippen LogP contribution in [0, 0.1) is 0 Å². The number of imidazole rings is 3. The van der Waals surface area contributed by atoms with Crippen molar-refractivity contribution in [2.24, 2.45) is 0 Å². The number of unbranched alkanes of at least 4 members (excludes halogenated alkanes) is 3. The van der Waals surface area contributed by atoms with Gasteiger partial charge in [-0.1, -0.05) is 76.4 Å². The number of anilines is 3. The minimum Gasteiger partial charge on any atom is -0.508 e. The first-order valence-corrected chi connectivity index (χ1v) is 38.6. The summed E-state index contributed by atoms with van der Waals surface area (Å²) in [6.45, 7) is 7.70. The van der Waals surface area contributed by atoms with Gasteiger partial charge in [-0.15, -0.1) is 34.8 Å². The van der Waals surface area contributed by atoms with Gasteiger partial charge in [-0.3, -0.25) is 34.0 Å². The van der Waals surface area contributed by atoms with E-state index in [1.165, 1.54) is 48.5 Å². The molecule has 107 heavy (non-hydrogen) atoms. The standard InChI is InChI=1S/2C24H27ClN5O6P.C24H26ClN5O3/c1-2-3-4-20-29-22-23(30(20)13-15-10-16(6-8-19(15)31)36-37(33,34)35)17-7-5-14(12-27-21(32)11-25)9-18(17)28-24(22)26;1-2-3-4-20-29-22-23(30(20)13-15-10-16(31)6-8-19(15)36-37(33,34)35)17-7-5-14(12-27-21(32)11-25)9-18(17)28-24(22)26;1-2-3-4-20-29-22-23(30(20)13-15-10-16(31)6-8-19(15)32)17-7-5-14(12-27-21(33)11-25)9-18(17)28-24(22)26/h2*5-10,31H,2-4,11-13H2,1H3,(H2,26,28)(H,27,32)(H2,33,34,35);5-10,31-32H,2-4,11-13H2,1H3,(H2,26,28)(H,27,33). The highest BCUT2D eigenvalue weighted by atomic mass is 35.5. The zero-order valence-corrected chi connectivity index (χ0v) is 62.4. The number of nitrogens with one attached hydrogen (secondary N) is 3. The summed E-state index contributed by atoms with van der Waals surface area (Å²) in [6, 6.07) is 29.3. The van der Waals surface area contributed by atoms with Gasteiger partial charge in [0.25, 0.3) is 0 Å². The molecule has 6 aromatic heterocycles. The van der Waals surface area contributed by atoms with Crippen LogP contribution in [0.3, 0.4) is 0 Å². The maximum absolute atomic E-state index is 11.6. The number of phosphoric acid groups is 2. The van der Waals surface area contributed by atoms with Crippen molar-refractivity contribution in [2.45, 2.75) is 118 Å². The van der Waals surface area contributed by atoms with Gasteiger partial charge in [0.1, 0.15) is 86.2 Å². The number of pyridine rings is 3. The Hall–Kier alpha value is -10.3. The van der Waals surface area contributed by atoms with Gasteiger partial charge in [0.15, 0.2) is 17.5 Å². The number of benzene rings is 6. The number of halogens is 3. The highest BCUT2D eigenvalue weighted by molar-refractivity contribution is 7.47. The lowest BCUT2D eigenvalue weighted by Crippen LogP contribution is -2.23. The number of hydrogen-bond acceptors (Lipinski definition) is 20. The number of carbonyl (C=O) groups is 3. The fourth-order valence-corrected chi connectivity index (χ4v) is 13.3. The quantitative estimate of drug-likeness (QED) is 0.0123. The maximum atomic E-state index is 11.6. The van der Waals surface area contributed by atoms with Crippen LogP contribution in [0.25, 0.3) is 65.8 Å². The normalized spacial score (nSPS) is 11.6. The third-order valence-corrected chi connectivity index (χ3v) is 18.8. The van der Waals surface area contributed by atoms with Crippen LogP contribution in [0.15, 0.2) is 109 Å². The number of hydrogen-bond donors (Lipinski definition) is 14. The van der Waals surface area contributed by atoms with E-state index in [1.54, 1.807) is 6.07 Å². The van der Waals surface area contributed by atoms with E-state index in [0.29, 0.717) is 98.4 Å². The molecule has 0 radical (unpaired) electrons. The van der Waals surface area contributed by atoms with Crippen LogP contribution in [-0.2, 0) is 82.0 Å². The number of alkyl halides is 3. The van der Waals surface area contributed by atoms with Crippen molar-refractivity contribution < 1.29 is 72.6 Å². The van der Waals surface area contributed by atoms with Crippen LogP contribution in [0.4, 0.5) is 17.5 Å². The molecule has 0 fully saturated rings. The van der Waals surface area contributed by atoms with Crippen molar-refractivity contribution in [3.8, 4) is 34.5 Å². The minimum atomic E-state index is -4.84. The highest BCUT2D eigenvalue weighted by Crippen LogP contribution is 2.43. The molecule has 0 saturated heterocycles. The predicted molar refractivity (Wildman–Crippen MR) is 411 cm³/mol. The molecule has 0 unspecified atom stereocenters. The lowest BCUT2D eigenvalue weighted by Gasteiger charge is -2.16. The predicted octanol–water partition coefficient (Wildman–Crippen LogP) is 11.0. The summed E-state index contributed by atoms with van der Waals surface area (Å²) in [6.07, 6.45) is 7.55. The van der Waals surface area contributed by atoms with E-state index >= 15 is 0 Å². The second-order valence-corrected chi connectivity index (χ2v) is 28.2. The Bertz CT molecular complexity index is 5420. The molecule has 35 heteroatoms. The molecule has 0 saturated carbocycles. The number of rotatable bonds is 28. The van der Waals surface area contributed by atoms with E-state index in [1.807, 2.05) is 68.3 Å². The van der Waals surface area contributed by atoms with Gasteiger partial charge in [0.2, 0.25) is 17.7 Å². The van der Waals surface area contributed by atoms with Crippen molar-refractivity contribution in [1.29, 1.82) is 0 Å². The first-order valence-electron chi connectivity index (χ1n) is 33.9. The number of aryl methyl sites for hydroxylation is 3. The minimum absolute atomic E-state index is 0.0573. The van der Waals surface area contributed by atoms with Crippen molar-refractivity contribution in [3.05, 3.63) is 160 Å². The van der Waals surface area contributed by atoms with Gasteiger partial charge in [0, 0.05) is 71.7 Å². The summed E-state index contributed by atoms with van der Waals surface area (Å²) in [7, 11) is -9.61. The third kappa shape index (κ3) is 19.7. The Morgan fingerprint density at radius 3 is 1.13 bits per heavy atom. The molecule has 12 rings (SSSR count). The van der Waals surface area contributed by atoms with E-state index in [2.05, 4.69) is 51.7 Å². The van der Waals surface area contributed by atoms with Gasteiger partial charge in [0.05, 0.1) is 52.7 Å². The summed E-state index contributed by atoms with van der Waals surface area (Å²) in [5.41, 5.74) is 28.5. The van der Waals surface area contributed by atoms with Crippen LogP contribution in [0.2, 0.25) is 0 Å². The number of phenolic OH excluding ortho intramolecular Hbond substituents is 4. The molecule has 17 N–H and O–H groups in total.